The fourth-order valence-corrected chi connectivity index (χ4v) is 3.85. The van der Waals surface area contributed by atoms with E-state index in [4.69, 9.17) is 0 Å². The predicted molar refractivity (Wildman–Crippen MR) is 111 cm³/mol. The zero-order valence-electron chi connectivity index (χ0n) is 16.4. The third-order valence-corrected chi connectivity index (χ3v) is 5.55. The average molecular weight is 474 g/mol. The smallest absolute Gasteiger partial charge is 0.337 e. The number of nitrogens with one attached hydrogen (secondary N) is 2. The van der Waals surface area contributed by atoms with Gasteiger partial charge in [0.2, 0.25) is 5.91 Å². The number of imide groups is 1. The third kappa shape index (κ3) is 4.20. The molecule has 8 nitrogen and oxygen atoms in total. The Morgan fingerprint density at radius 2 is 1.80 bits per heavy atom. The minimum Gasteiger partial charge on any atom is -0.465 e. The van der Waals surface area contributed by atoms with Crippen LogP contribution in [0.1, 0.15) is 28.4 Å². The van der Waals surface area contributed by atoms with Crippen molar-refractivity contribution in [2.24, 2.45) is 0 Å². The second kappa shape index (κ2) is 8.66. The summed E-state index contributed by atoms with van der Waals surface area (Å²) in [5, 5.41) is 5.34. The summed E-state index contributed by atoms with van der Waals surface area (Å²) < 4.78 is 5.32. The van der Waals surface area contributed by atoms with Crippen LogP contribution < -0.4 is 10.6 Å². The van der Waals surface area contributed by atoms with Crippen LogP contribution in [0.15, 0.2) is 53.0 Å². The lowest BCUT2D eigenvalue weighted by atomic mass is 9.92. The van der Waals surface area contributed by atoms with E-state index >= 15 is 0 Å². The normalized spacial score (nSPS) is 18.2. The second-order valence-electron chi connectivity index (χ2n) is 6.89. The summed E-state index contributed by atoms with van der Waals surface area (Å²) in [6.07, 6.45) is 0. The lowest BCUT2D eigenvalue weighted by Crippen LogP contribution is -2.43. The maximum absolute atomic E-state index is 12.9. The van der Waals surface area contributed by atoms with Gasteiger partial charge < -0.3 is 15.4 Å². The number of halogens is 1. The highest BCUT2D eigenvalue weighted by atomic mass is 79.9. The van der Waals surface area contributed by atoms with Crippen LogP contribution in [0.5, 0.6) is 0 Å². The van der Waals surface area contributed by atoms with Gasteiger partial charge in [-0.2, -0.15) is 0 Å². The number of carbonyl (C=O) groups is 4. The van der Waals surface area contributed by atoms with Crippen LogP contribution in [0.2, 0.25) is 0 Å². The van der Waals surface area contributed by atoms with Crippen LogP contribution in [0.25, 0.3) is 0 Å². The molecule has 1 atom stereocenters. The van der Waals surface area contributed by atoms with Crippen molar-refractivity contribution < 1.29 is 23.9 Å². The van der Waals surface area contributed by atoms with Crippen LogP contribution in [0, 0.1) is 0 Å². The Labute approximate surface area is 181 Å². The predicted octanol–water partition coefficient (Wildman–Crippen LogP) is 2.32. The summed E-state index contributed by atoms with van der Waals surface area (Å²) in [5.74, 6) is -1.43. The Kier molecular flexibility index (Phi) is 6.21. The van der Waals surface area contributed by atoms with Crippen molar-refractivity contribution >= 4 is 39.7 Å². The molecule has 156 valence electrons. The van der Waals surface area contributed by atoms with E-state index in [0.29, 0.717) is 15.6 Å². The van der Waals surface area contributed by atoms with Crippen molar-refractivity contribution in [3.05, 3.63) is 69.7 Å². The number of rotatable bonds is 6. The van der Waals surface area contributed by atoms with Crippen molar-refractivity contribution in [1.82, 2.24) is 15.5 Å². The van der Waals surface area contributed by atoms with Gasteiger partial charge >= 0.3 is 12.0 Å². The molecule has 2 N–H and O–H groups in total. The SMILES string of the molecule is COC(=O)c1ccc(CNC(=O)CN2C(=O)N[C@](C)(c3ccccc3Br)C2=O)cc1. The minimum absolute atomic E-state index is 0.186. The molecule has 2 aromatic carbocycles. The number of urea groups is 1. The highest BCUT2D eigenvalue weighted by Crippen LogP contribution is 2.33. The quantitative estimate of drug-likeness (QED) is 0.494. The van der Waals surface area contributed by atoms with E-state index in [0.717, 1.165) is 10.5 Å². The van der Waals surface area contributed by atoms with Gasteiger partial charge in [0.1, 0.15) is 12.1 Å². The van der Waals surface area contributed by atoms with Crippen molar-refractivity contribution in [2.75, 3.05) is 13.7 Å². The fraction of sp³-hybridized carbons (Fsp3) is 0.238. The zero-order valence-corrected chi connectivity index (χ0v) is 18.0. The topological polar surface area (TPSA) is 105 Å². The van der Waals surface area contributed by atoms with Gasteiger partial charge in [-0.05, 0) is 30.7 Å². The molecule has 0 radical (unpaired) electrons. The first-order valence-electron chi connectivity index (χ1n) is 9.09. The Hall–Kier alpha value is -3.20. The van der Waals surface area contributed by atoms with Gasteiger partial charge in [-0.25, -0.2) is 9.59 Å². The van der Waals surface area contributed by atoms with Crippen molar-refractivity contribution in [1.29, 1.82) is 0 Å². The molecule has 1 saturated heterocycles. The van der Waals surface area contributed by atoms with Crippen LogP contribution in [-0.2, 0) is 26.4 Å². The molecule has 30 heavy (non-hydrogen) atoms. The molecule has 1 fully saturated rings. The number of carbonyl (C=O) groups excluding carboxylic acids is 4. The van der Waals surface area contributed by atoms with E-state index in [-0.39, 0.29) is 6.54 Å². The van der Waals surface area contributed by atoms with Crippen LogP contribution in [0.4, 0.5) is 4.79 Å². The molecule has 4 amide bonds. The number of hydrogen-bond donors (Lipinski definition) is 2. The molecule has 9 heteroatoms. The molecule has 2 aromatic rings. The molecule has 1 aliphatic rings. The van der Waals surface area contributed by atoms with E-state index in [1.54, 1.807) is 55.5 Å². The molecule has 1 heterocycles. The average Bonchev–Trinajstić information content (AvgIpc) is 2.96. The molecular weight excluding hydrogens is 454 g/mol. The first-order chi connectivity index (χ1) is 14.3. The number of amides is 4. The van der Waals surface area contributed by atoms with Gasteiger partial charge in [0.05, 0.1) is 12.7 Å². The third-order valence-electron chi connectivity index (χ3n) is 4.85. The molecule has 1 aliphatic heterocycles. The number of benzene rings is 2. The van der Waals surface area contributed by atoms with Crippen LogP contribution >= 0.6 is 15.9 Å². The van der Waals surface area contributed by atoms with Crippen molar-refractivity contribution in [2.45, 2.75) is 19.0 Å². The molecule has 0 aromatic heterocycles. The Bertz CT molecular complexity index is 1010. The maximum atomic E-state index is 12.9. The summed E-state index contributed by atoms with van der Waals surface area (Å²) in [7, 11) is 1.30. The monoisotopic (exact) mass is 473 g/mol. The van der Waals surface area contributed by atoms with Gasteiger partial charge in [0, 0.05) is 16.6 Å². The maximum Gasteiger partial charge on any atom is 0.337 e. The van der Waals surface area contributed by atoms with Gasteiger partial charge in [0.15, 0.2) is 0 Å². The highest BCUT2D eigenvalue weighted by molar-refractivity contribution is 9.10. The molecular formula is C21H20BrN3O5. The van der Waals surface area contributed by atoms with Crippen molar-refractivity contribution in [3.8, 4) is 0 Å². The van der Waals surface area contributed by atoms with E-state index in [1.807, 2.05) is 0 Å². The number of hydrogen-bond acceptors (Lipinski definition) is 5. The van der Waals surface area contributed by atoms with Crippen LogP contribution in [-0.4, -0.2) is 42.4 Å². The highest BCUT2D eigenvalue weighted by Gasteiger charge is 2.50. The van der Waals surface area contributed by atoms with Gasteiger partial charge in [-0.1, -0.05) is 46.3 Å². The summed E-state index contributed by atoms with van der Waals surface area (Å²) in [6.45, 7) is 1.39. The standard InChI is InChI=1S/C21H20BrN3O5/c1-21(15-5-3-4-6-16(15)22)19(28)25(20(29)24-21)12-17(26)23-11-13-7-9-14(10-8-13)18(27)30-2/h3-10H,11-12H2,1-2H3,(H,23,26)(H,24,29)/t21-/m1/s1. The number of methoxy groups -OCH3 is 1. The van der Waals surface area contributed by atoms with E-state index in [1.165, 1.54) is 7.11 Å². The molecule has 0 unspecified atom stereocenters. The Balaban J connectivity index is 1.63. The molecule has 0 aliphatic carbocycles. The molecule has 0 spiro atoms. The molecule has 3 rings (SSSR count). The van der Waals surface area contributed by atoms with Gasteiger partial charge in [-0.15, -0.1) is 0 Å². The lowest BCUT2D eigenvalue weighted by molar-refractivity contribution is -0.134. The van der Waals surface area contributed by atoms with Gasteiger partial charge in [0.25, 0.3) is 5.91 Å². The van der Waals surface area contributed by atoms with Gasteiger partial charge in [-0.3, -0.25) is 14.5 Å². The zero-order chi connectivity index (χ0) is 21.9. The minimum atomic E-state index is -1.26. The largest absolute Gasteiger partial charge is 0.465 e. The first-order valence-corrected chi connectivity index (χ1v) is 9.88. The van der Waals surface area contributed by atoms with Crippen molar-refractivity contribution in [3.63, 3.8) is 0 Å². The lowest BCUT2D eigenvalue weighted by Gasteiger charge is -2.23. The Morgan fingerprint density at radius 1 is 1.13 bits per heavy atom. The van der Waals surface area contributed by atoms with E-state index in [2.05, 4.69) is 31.3 Å². The summed E-state index contributed by atoms with van der Waals surface area (Å²) in [5.41, 5.74) is 0.503. The summed E-state index contributed by atoms with van der Waals surface area (Å²) in [4.78, 5) is 50.0. The van der Waals surface area contributed by atoms with Crippen LogP contribution in [0.3, 0.4) is 0 Å². The first kappa shape index (κ1) is 21.5. The number of ether oxygens (including phenoxy) is 1. The van der Waals surface area contributed by atoms with E-state index < -0.39 is 35.9 Å². The molecule has 0 saturated carbocycles. The van der Waals surface area contributed by atoms with E-state index in [9.17, 15) is 19.2 Å². The fourth-order valence-electron chi connectivity index (χ4n) is 3.17. The second-order valence-corrected chi connectivity index (χ2v) is 7.75. The number of esters is 1. The summed E-state index contributed by atoms with van der Waals surface area (Å²) in [6, 6.07) is 13.0. The number of nitrogens with zero attached hydrogens (tertiary/aromatic N) is 1. The summed E-state index contributed by atoms with van der Waals surface area (Å²) >= 11 is 3.40. The Morgan fingerprint density at radius 3 is 2.43 bits per heavy atom. The molecule has 0 bridgehead atoms.